The monoisotopic (exact) mass is 553 g/mol. The van der Waals surface area contributed by atoms with E-state index in [1.165, 1.54) is 12.1 Å². The molecule has 1 unspecified atom stereocenters. The van der Waals surface area contributed by atoms with Gasteiger partial charge in [0.05, 0.1) is 11.5 Å². The van der Waals surface area contributed by atoms with Gasteiger partial charge >= 0.3 is 12.1 Å². The smallest absolute Gasteiger partial charge is 0.422 e. The maximum absolute atomic E-state index is 14.2. The minimum absolute atomic E-state index is 0.0628. The second-order valence-electron chi connectivity index (χ2n) is 11.2. The molecular formula is C29H26F3N3O5. The van der Waals surface area contributed by atoms with Crippen molar-refractivity contribution in [2.24, 2.45) is 11.3 Å². The summed E-state index contributed by atoms with van der Waals surface area (Å²) in [5.41, 5.74) is 0.770. The molecule has 0 amide bonds. The lowest BCUT2D eigenvalue weighted by Crippen LogP contribution is -2.54. The molecule has 0 saturated carbocycles. The van der Waals surface area contributed by atoms with Gasteiger partial charge in [-0.3, -0.25) is 9.69 Å². The molecule has 2 aromatic heterocycles. The lowest BCUT2D eigenvalue weighted by Gasteiger charge is -2.48. The number of ether oxygens (including phenoxy) is 1. The van der Waals surface area contributed by atoms with E-state index in [0.717, 1.165) is 5.56 Å². The Morgan fingerprint density at radius 3 is 2.33 bits per heavy atom. The molecule has 8 nitrogen and oxygen atoms in total. The third kappa shape index (κ3) is 4.34. The summed E-state index contributed by atoms with van der Waals surface area (Å²) in [4.78, 5) is 13.5. The SMILES string of the molecule is CC(C)(C)C(c1ccc2c(c1)OCc1c-2noc1-c1noc(-c2ccccc2)c1C(F)(F)F)N1CC(C(=O)O)C1. The van der Waals surface area contributed by atoms with Crippen molar-refractivity contribution >= 4 is 5.97 Å². The molecule has 11 heteroatoms. The van der Waals surface area contributed by atoms with Crippen LogP contribution in [0.5, 0.6) is 5.75 Å². The molecule has 4 heterocycles. The van der Waals surface area contributed by atoms with Gasteiger partial charge in [-0.25, -0.2) is 0 Å². The fourth-order valence-corrected chi connectivity index (χ4v) is 5.65. The highest BCUT2D eigenvalue weighted by Crippen LogP contribution is 2.49. The predicted octanol–water partition coefficient (Wildman–Crippen LogP) is 6.68. The fraction of sp³-hybridized carbons (Fsp3) is 0.345. The number of alkyl halides is 3. The first-order chi connectivity index (χ1) is 18.9. The first-order valence-corrected chi connectivity index (χ1v) is 12.8. The van der Waals surface area contributed by atoms with Crippen molar-refractivity contribution in [2.75, 3.05) is 13.1 Å². The van der Waals surface area contributed by atoms with Crippen LogP contribution in [0.4, 0.5) is 13.2 Å². The number of likely N-dealkylation sites (tertiary alicyclic amines) is 1. The second-order valence-corrected chi connectivity index (χ2v) is 11.2. The van der Waals surface area contributed by atoms with Crippen molar-refractivity contribution in [1.29, 1.82) is 0 Å². The van der Waals surface area contributed by atoms with Gasteiger partial charge in [0.25, 0.3) is 0 Å². The first kappa shape index (κ1) is 26.1. The van der Waals surface area contributed by atoms with E-state index in [2.05, 4.69) is 36.0 Å². The van der Waals surface area contributed by atoms with Gasteiger partial charge in [0, 0.05) is 30.3 Å². The molecule has 0 bridgehead atoms. The Hall–Kier alpha value is -4.12. The summed E-state index contributed by atoms with van der Waals surface area (Å²) >= 11 is 0. The number of aromatic nitrogens is 2. The molecule has 0 radical (unpaired) electrons. The van der Waals surface area contributed by atoms with E-state index >= 15 is 0 Å². The van der Waals surface area contributed by atoms with Gasteiger partial charge in [-0.1, -0.05) is 67.5 Å². The van der Waals surface area contributed by atoms with E-state index in [4.69, 9.17) is 13.8 Å². The van der Waals surface area contributed by atoms with E-state index in [0.29, 0.717) is 35.7 Å². The predicted molar refractivity (Wildman–Crippen MR) is 137 cm³/mol. The molecule has 2 aliphatic heterocycles. The lowest BCUT2D eigenvalue weighted by molar-refractivity contribution is -0.150. The van der Waals surface area contributed by atoms with Crippen LogP contribution in [0.3, 0.4) is 0 Å². The number of nitrogens with zero attached hydrogens (tertiary/aromatic N) is 3. The Morgan fingerprint density at radius 2 is 1.68 bits per heavy atom. The second kappa shape index (κ2) is 9.22. The normalized spacial score (nSPS) is 16.6. The molecule has 2 aromatic carbocycles. The molecule has 0 spiro atoms. The van der Waals surface area contributed by atoms with Crippen molar-refractivity contribution in [3.05, 3.63) is 65.2 Å². The molecule has 40 heavy (non-hydrogen) atoms. The number of halogens is 3. The van der Waals surface area contributed by atoms with Gasteiger partial charge in [-0.05, 0) is 23.1 Å². The van der Waals surface area contributed by atoms with Crippen LogP contribution >= 0.6 is 0 Å². The summed E-state index contributed by atoms with van der Waals surface area (Å²) in [5.74, 6) is -1.23. The van der Waals surface area contributed by atoms with E-state index in [1.807, 2.05) is 18.2 Å². The van der Waals surface area contributed by atoms with Crippen LogP contribution in [-0.4, -0.2) is 39.4 Å². The number of carboxylic acid groups (broad SMARTS) is 1. The molecular weight excluding hydrogens is 527 g/mol. The first-order valence-electron chi connectivity index (χ1n) is 12.8. The van der Waals surface area contributed by atoms with Crippen LogP contribution < -0.4 is 4.74 Å². The van der Waals surface area contributed by atoms with E-state index in [9.17, 15) is 23.1 Å². The molecule has 1 N–H and O–H groups in total. The molecule has 208 valence electrons. The Balaban J connectivity index is 1.37. The summed E-state index contributed by atoms with van der Waals surface area (Å²) < 4.78 is 59.4. The Morgan fingerprint density at radius 1 is 1.00 bits per heavy atom. The maximum atomic E-state index is 14.2. The number of fused-ring (bicyclic) bond motifs is 3. The number of hydrogen-bond acceptors (Lipinski definition) is 7. The summed E-state index contributed by atoms with van der Waals surface area (Å²) in [5, 5.41) is 17.2. The third-order valence-electron chi connectivity index (χ3n) is 7.41. The van der Waals surface area contributed by atoms with Crippen molar-refractivity contribution < 1.29 is 36.9 Å². The zero-order chi connectivity index (χ0) is 28.4. The summed E-state index contributed by atoms with van der Waals surface area (Å²) in [6, 6.07) is 13.5. The molecule has 1 saturated heterocycles. The number of benzene rings is 2. The van der Waals surface area contributed by atoms with Crippen LogP contribution in [0, 0.1) is 11.3 Å². The average Bonchev–Trinajstić information content (AvgIpc) is 3.49. The fourth-order valence-electron chi connectivity index (χ4n) is 5.65. The Labute approximate surface area is 227 Å². The highest BCUT2D eigenvalue weighted by molar-refractivity contribution is 5.80. The molecule has 0 aliphatic carbocycles. The number of carbonyl (C=O) groups is 1. The highest BCUT2D eigenvalue weighted by Gasteiger charge is 2.45. The molecule has 1 atom stereocenters. The summed E-state index contributed by atoms with van der Waals surface area (Å²) in [6.45, 7) is 7.11. The van der Waals surface area contributed by atoms with Crippen LogP contribution in [0.1, 0.15) is 43.5 Å². The highest BCUT2D eigenvalue weighted by atomic mass is 19.4. The Kier molecular flexibility index (Phi) is 6.02. The van der Waals surface area contributed by atoms with Gasteiger partial charge in [-0.15, -0.1) is 0 Å². The number of hydrogen-bond donors (Lipinski definition) is 1. The van der Waals surface area contributed by atoms with Gasteiger partial charge in [0.2, 0.25) is 0 Å². The largest absolute Gasteiger partial charge is 0.488 e. The average molecular weight is 554 g/mol. The zero-order valence-electron chi connectivity index (χ0n) is 22.0. The van der Waals surface area contributed by atoms with Crippen LogP contribution in [0.15, 0.2) is 57.6 Å². The summed E-state index contributed by atoms with van der Waals surface area (Å²) in [6.07, 6.45) is -4.76. The van der Waals surface area contributed by atoms with Crippen molar-refractivity contribution in [2.45, 2.75) is 39.6 Å². The van der Waals surface area contributed by atoms with Crippen molar-refractivity contribution in [1.82, 2.24) is 15.2 Å². The van der Waals surface area contributed by atoms with E-state index < -0.39 is 35.1 Å². The van der Waals surface area contributed by atoms with Crippen molar-refractivity contribution in [3.8, 4) is 39.8 Å². The van der Waals surface area contributed by atoms with E-state index in [1.54, 1.807) is 18.2 Å². The number of aliphatic carboxylic acids is 1. The lowest BCUT2D eigenvalue weighted by atomic mass is 9.78. The van der Waals surface area contributed by atoms with Crippen molar-refractivity contribution in [3.63, 3.8) is 0 Å². The van der Waals surface area contributed by atoms with Gasteiger partial charge < -0.3 is 18.9 Å². The maximum Gasteiger partial charge on any atom is 0.422 e. The number of rotatable bonds is 5. The zero-order valence-corrected chi connectivity index (χ0v) is 22.0. The standard InChI is InChI=1S/C29H26F3N3O5/c1-28(2,3)26(35-12-17(13-35)27(36)37)16-9-10-18-20(11-16)38-14-19-22(18)33-40-25(19)23-21(29(30,31)32)24(39-34-23)15-7-5-4-6-8-15/h4-11,17,26H,12-14H2,1-3H3,(H,36,37). The summed E-state index contributed by atoms with van der Waals surface area (Å²) in [7, 11) is 0. The minimum atomic E-state index is -4.76. The topological polar surface area (TPSA) is 102 Å². The van der Waals surface area contributed by atoms with Gasteiger partial charge in [0.15, 0.2) is 17.2 Å². The van der Waals surface area contributed by atoms with Gasteiger partial charge in [0.1, 0.15) is 23.6 Å². The number of carboxylic acids is 1. The third-order valence-corrected chi connectivity index (χ3v) is 7.41. The molecule has 1 fully saturated rings. The Bertz CT molecular complexity index is 1580. The molecule has 6 rings (SSSR count). The van der Waals surface area contributed by atoms with Crippen LogP contribution in [0.2, 0.25) is 0 Å². The van der Waals surface area contributed by atoms with Crippen LogP contribution in [0.25, 0.3) is 34.0 Å². The quantitative estimate of drug-likeness (QED) is 0.292. The molecule has 2 aliphatic rings. The minimum Gasteiger partial charge on any atom is -0.488 e. The van der Waals surface area contributed by atoms with Gasteiger partial charge in [-0.2, -0.15) is 13.2 Å². The molecule has 4 aromatic rings. The van der Waals surface area contributed by atoms with E-state index in [-0.39, 0.29) is 29.4 Å². The van der Waals surface area contributed by atoms with Crippen LogP contribution in [-0.2, 0) is 17.6 Å².